The largest absolute Gasteiger partial charge is 0.348 e. The third kappa shape index (κ3) is 4.48. The van der Waals surface area contributed by atoms with Gasteiger partial charge in [-0.25, -0.2) is 0 Å². The molecule has 5 heteroatoms. The number of rotatable bonds is 3. The number of carbonyl (C=O) groups excluding carboxylic acids is 1. The molecule has 0 aromatic heterocycles. The highest BCUT2D eigenvalue weighted by atomic mass is 79.9. The van der Waals surface area contributed by atoms with Crippen LogP contribution in [0.25, 0.3) is 0 Å². The monoisotopic (exact) mass is 346 g/mol. The van der Waals surface area contributed by atoms with Crippen LogP contribution in [0.4, 0.5) is 0 Å². The van der Waals surface area contributed by atoms with Gasteiger partial charge in [-0.15, -0.1) is 12.4 Å². The van der Waals surface area contributed by atoms with Crippen molar-refractivity contribution in [3.8, 4) is 0 Å². The van der Waals surface area contributed by atoms with E-state index in [-0.39, 0.29) is 30.4 Å². The summed E-state index contributed by atoms with van der Waals surface area (Å²) < 4.78 is 1.04. The van der Waals surface area contributed by atoms with E-state index >= 15 is 0 Å². The molecule has 19 heavy (non-hydrogen) atoms. The number of halogens is 2. The molecule has 0 aliphatic carbocycles. The third-order valence-electron chi connectivity index (χ3n) is 3.36. The Balaban J connectivity index is 0.00000180. The van der Waals surface area contributed by atoms with Gasteiger partial charge >= 0.3 is 0 Å². The van der Waals surface area contributed by atoms with Gasteiger partial charge in [0.1, 0.15) is 0 Å². The number of piperidine rings is 1. The molecular formula is C14H20BrClN2O. The van der Waals surface area contributed by atoms with Gasteiger partial charge in [0.25, 0.3) is 0 Å². The van der Waals surface area contributed by atoms with Crippen LogP contribution in [0.1, 0.15) is 37.8 Å². The van der Waals surface area contributed by atoms with Gasteiger partial charge in [0.05, 0.1) is 12.1 Å². The lowest BCUT2D eigenvalue weighted by Gasteiger charge is -2.25. The topological polar surface area (TPSA) is 41.1 Å². The molecule has 1 aromatic carbocycles. The molecule has 1 aromatic rings. The maximum Gasteiger partial charge on any atom is 0.237 e. The van der Waals surface area contributed by atoms with E-state index in [1.807, 2.05) is 31.2 Å². The fourth-order valence-corrected chi connectivity index (χ4v) is 2.92. The number of hydrogen-bond donors (Lipinski definition) is 2. The second-order valence-corrected chi connectivity index (χ2v) is 5.61. The molecular weight excluding hydrogens is 328 g/mol. The first kappa shape index (κ1) is 16.5. The number of benzene rings is 1. The smallest absolute Gasteiger partial charge is 0.237 e. The van der Waals surface area contributed by atoms with E-state index in [0.717, 1.165) is 29.4 Å². The van der Waals surface area contributed by atoms with Crippen molar-refractivity contribution in [2.75, 3.05) is 6.54 Å². The van der Waals surface area contributed by atoms with Crippen molar-refractivity contribution in [1.29, 1.82) is 0 Å². The molecule has 0 spiro atoms. The summed E-state index contributed by atoms with van der Waals surface area (Å²) in [6.07, 6.45) is 3.24. The lowest BCUT2D eigenvalue weighted by molar-refractivity contribution is -0.124. The van der Waals surface area contributed by atoms with Crippen LogP contribution >= 0.6 is 28.3 Å². The van der Waals surface area contributed by atoms with Gasteiger partial charge in [0, 0.05) is 4.47 Å². The van der Waals surface area contributed by atoms with Gasteiger partial charge in [0.15, 0.2) is 0 Å². The van der Waals surface area contributed by atoms with Crippen molar-refractivity contribution in [3.05, 3.63) is 34.3 Å². The maximum absolute atomic E-state index is 12.1. The zero-order valence-electron chi connectivity index (χ0n) is 11.0. The maximum atomic E-state index is 12.1. The second kappa shape index (κ2) is 7.88. The number of carbonyl (C=O) groups is 1. The summed E-state index contributed by atoms with van der Waals surface area (Å²) in [6, 6.07) is 7.99. The summed E-state index contributed by atoms with van der Waals surface area (Å²) in [6.45, 7) is 2.96. The van der Waals surface area contributed by atoms with Crippen LogP contribution < -0.4 is 10.6 Å². The summed E-state index contributed by atoms with van der Waals surface area (Å²) in [5.74, 6) is 0.109. The lowest BCUT2D eigenvalue weighted by atomic mass is 10.0. The molecule has 1 aliphatic rings. The fraction of sp³-hybridized carbons (Fsp3) is 0.500. The molecule has 3 nitrogen and oxygen atoms in total. The average molecular weight is 348 g/mol. The Bertz CT molecular complexity index is 422. The van der Waals surface area contributed by atoms with Crippen LogP contribution in [-0.2, 0) is 4.79 Å². The molecule has 0 bridgehead atoms. The highest BCUT2D eigenvalue weighted by Crippen LogP contribution is 2.23. The molecule has 1 heterocycles. The zero-order chi connectivity index (χ0) is 13.0. The molecule has 2 rings (SSSR count). The van der Waals surface area contributed by atoms with Crippen LogP contribution in [0.3, 0.4) is 0 Å². The van der Waals surface area contributed by atoms with E-state index in [1.54, 1.807) is 0 Å². The minimum Gasteiger partial charge on any atom is -0.348 e. The van der Waals surface area contributed by atoms with E-state index in [4.69, 9.17) is 0 Å². The summed E-state index contributed by atoms with van der Waals surface area (Å²) in [5, 5.41) is 6.34. The highest BCUT2D eigenvalue weighted by Gasteiger charge is 2.22. The van der Waals surface area contributed by atoms with Crippen LogP contribution in [0.5, 0.6) is 0 Å². The van der Waals surface area contributed by atoms with E-state index in [1.165, 1.54) is 6.42 Å². The molecule has 2 atom stereocenters. The van der Waals surface area contributed by atoms with Crippen molar-refractivity contribution in [1.82, 2.24) is 10.6 Å². The van der Waals surface area contributed by atoms with Gasteiger partial charge in [-0.2, -0.15) is 0 Å². The van der Waals surface area contributed by atoms with E-state index in [9.17, 15) is 4.79 Å². The standard InChI is InChI=1S/C14H19BrN2O.ClH/c1-10(11-6-2-3-7-12(11)15)17-14(18)13-8-4-5-9-16-13;/h2-3,6-7,10,13,16H,4-5,8-9H2,1H3,(H,17,18);1H/t10?,13-;/m1./s1. The minimum atomic E-state index is -0.0244. The second-order valence-electron chi connectivity index (χ2n) is 4.75. The average Bonchev–Trinajstić information content (AvgIpc) is 2.40. The first-order valence-electron chi connectivity index (χ1n) is 6.46. The van der Waals surface area contributed by atoms with Crippen LogP contribution in [0.15, 0.2) is 28.7 Å². The zero-order valence-corrected chi connectivity index (χ0v) is 13.4. The Morgan fingerprint density at radius 1 is 1.42 bits per heavy atom. The van der Waals surface area contributed by atoms with Crippen molar-refractivity contribution in [3.63, 3.8) is 0 Å². The van der Waals surface area contributed by atoms with Gasteiger partial charge in [0.2, 0.25) is 5.91 Å². The Labute approximate surface area is 129 Å². The predicted octanol–water partition coefficient (Wildman–Crippen LogP) is 3.19. The van der Waals surface area contributed by atoms with Gasteiger partial charge in [-0.05, 0) is 37.9 Å². The summed E-state index contributed by atoms with van der Waals surface area (Å²) >= 11 is 3.52. The normalized spacial score (nSPS) is 20.2. The molecule has 0 saturated carbocycles. The van der Waals surface area contributed by atoms with Crippen molar-refractivity contribution < 1.29 is 4.79 Å². The molecule has 106 valence electrons. The third-order valence-corrected chi connectivity index (χ3v) is 4.08. The molecule has 2 N–H and O–H groups in total. The molecule has 1 amide bonds. The summed E-state index contributed by atoms with van der Waals surface area (Å²) in [4.78, 5) is 12.1. The molecule has 1 fully saturated rings. The fourth-order valence-electron chi connectivity index (χ4n) is 2.29. The first-order valence-corrected chi connectivity index (χ1v) is 7.26. The number of amides is 1. The molecule has 0 radical (unpaired) electrons. The Morgan fingerprint density at radius 2 is 2.16 bits per heavy atom. The van der Waals surface area contributed by atoms with Crippen LogP contribution in [0, 0.1) is 0 Å². The molecule has 1 aliphatic heterocycles. The quantitative estimate of drug-likeness (QED) is 0.881. The predicted molar refractivity (Wildman–Crippen MR) is 83.6 cm³/mol. The molecule has 1 saturated heterocycles. The summed E-state index contributed by atoms with van der Waals surface area (Å²) in [5.41, 5.74) is 1.11. The van der Waals surface area contributed by atoms with Crippen molar-refractivity contribution >= 4 is 34.2 Å². The van der Waals surface area contributed by atoms with Crippen molar-refractivity contribution in [2.24, 2.45) is 0 Å². The minimum absolute atomic E-state index is 0. The van der Waals surface area contributed by atoms with Gasteiger partial charge in [-0.1, -0.05) is 40.5 Å². The lowest BCUT2D eigenvalue weighted by Crippen LogP contribution is -2.47. The molecule has 1 unspecified atom stereocenters. The Morgan fingerprint density at radius 3 is 2.79 bits per heavy atom. The van der Waals surface area contributed by atoms with Crippen molar-refractivity contribution in [2.45, 2.75) is 38.3 Å². The van der Waals surface area contributed by atoms with Gasteiger partial charge in [-0.3, -0.25) is 4.79 Å². The first-order chi connectivity index (χ1) is 8.68. The Hall–Kier alpha value is -0.580. The van der Waals surface area contributed by atoms with E-state index < -0.39 is 0 Å². The van der Waals surface area contributed by atoms with E-state index in [0.29, 0.717) is 0 Å². The van der Waals surface area contributed by atoms with Gasteiger partial charge < -0.3 is 10.6 Å². The number of hydrogen-bond acceptors (Lipinski definition) is 2. The van der Waals surface area contributed by atoms with Crippen LogP contribution in [0.2, 0.25) is 0 Å². The number of nitrogens with one attached hydrogen (secondary N) is 2. The van der Waals surface area contributed by atoms with E-state index in [2.05, 4.69) is 26.6 Å². The highest BCUT2D eigenvalue weighted by molar-refractivity contribution is 9.10. The summed E-state index contributed by atoms with van der Waals surface area (Å²) in [7, 11) is 0. The SMILES string of the molecule is CC(NC(=O)[C@H]1CCCCN1)c1ccccc1Br.Cl. The Kier molecular flexibility index (Phi) is 6.83. The van der Waals surface area contributed by atoms with Crippen LogP contribution in [-0.4, -0.2) is 18.5 Å².